The first-order chi connectivity index (χ1) is 10.3. The number of aromatic nitrogens is 3. The van der Waals surface area contributed by atoms with Crippen molar-refractivity contribution in [2.24, 2.45) is 0 Å². The topological polar surface area (TPSA) is 64.3 Å². The Morgan fingerprint density at radius 2 is 2.29 bits per heavy atom. The van der Waals surface area contributed by atoms with Gasteiger partial charge in [-0.25, -0.2) is 4.98 Å². The van der Waals surface area contributed by atoms with Crippen molar-refractivity contribution >= 4 is 11.3 Å². The van der Waals surface area contributed by atoms with Crippen molar-refractivity contribution in [2.75, 3.05) is 19.7 Å². The Kier molecular flexibility index (Phi) is 3.48. The summed E-state index contributed by atoms with van der Waals surface area (Å²) >= 11 is 1.67. The summed E-state index contributed by atoms with van der Waals surface area (Å²) < 4.78 is 11.6. The van der Waals surface area contributed by atoms with Crippen molar-refractivity contribution in [1.29, 1.82) is 0 Å². The molecule has 2 fully saturated rings. The highest BCUT2D eigenvalue weighted by Crippen LogP contribution is 2.39. The molecule has 1 atom stereocenters. The lowest BCUT2D eigenvalue weighted by atomic mass is 10.3. The number of hydrogen-bond donors (Lipinski definition) is 0. The van der Waals surface area contributed by atoms with Crippen molar-refractivity contribution in [3.63, 3.8) is 0 Å². The lowest BCUT2D eigenvalue weighted by molar-refractivity contribution is -0.0353. The molecule has 1 saturated carbocycles. The lowest BCUT2D eigenvalue weighted by Crippen LogP contribution is -2.37. The number of morpholine rings is 1. The zero-order valence-corrected chi connectivity index (χ0v) is 12.8. The van der Waals surface area contributed by atoms with Gasteiger partial charge in [0.2, 0.25) is 11.8 Å². The predicted molar refractivity (Wildman–Crippen MR) is 77.1 cm³/mol. The minimum Gasteiger partial charge on any atom is -0.424 e. The maximum Gasteiger partial charge on any atom is 0.230 e. The van der Waals surface area contributed by atoms with Gasteiger partial charge in [-0.15, -0.1) is 21.5 Å². The van der Waals surface area contributed by atoms with Gasteiger partial charge in [0, 0.05) is 30.1 Å². The van der Waals surface area contributed by atoms with Gasteiger partial charge in [0.15, 0.2) is 0 Å². The maximum atomic E-state index is 5.84. The van der Waals surface area contributed by atoms with E-state index in [1.54, 1.807) is 11.3 Å². The van der Waals surface area contributed by atoms with Gasteiger partial charge in [-0.2, -0.15) is 0 Å². The van der Waals surface area contributed by atoms with Crippen LogP contribution >= 0.6 is 11.3 Å². The van der Waals surface area contributed by atoms with Crippen LogP contribution in [0, 0.1) is 6.92 Å². The van der Waals surface area contributed by atoms with Crippen LogP contribution in [-0.4, -0.2) is 39.8 Å². The molecule has 21 heavy (non-hydrogen) atoms. The Hall–Kier alpha value is -1.31. The Morgan fingerprint density at radius 1 is 1.38 bits per heavy atom. The molecule has 4 rings (SSSR count). The molecule has 6 nitrogen and oxygen atoms in total. The molecule has 112 valence electrons. The van der Waals surface area contributed by atoms with E-state index in [0.717, 1.165) is 29.7 Å². The number of rotatable bonds is 4. The molecule has 1 aliphatic carbocycles. The third-order valence-corrected chi connectivity index (χ3v) is 4.89. The summed E-state index contributed by atoms with van der Waals surface area (Å²) in [5.41, 5.74) is 1.06. The minimum atomic E-state index is 0.0586. The van der Waals surface area contributed by atoms with Crippen LogP contribution in [0.2, 0.25) is 0 Å². The van der Waals surface area contributed by atoms with Crippen molar-refractivity contribution in [2.45, 2.75) is 38.3 Å². The summed E-state index contributed by atoms with van der Waals surface area (Å²) in [5.74, 6) is 2.04. The monoisotopic (exact) mass is 306 g/mol. The van der Waals surface area contributed by atoms with Gasteiger partial charge < -0.3 is 9.15 Å². The van der Waals surface area contributed by atoms with Crippen LogP contribution in [0.5, 0.6) is 0 Å². The summed E-state index contributed by atoms with van der Waals surface area (Å²) in [6, 6.07) is 0. The standard InChI is InChI=1S/C14H18N4O2S/c1-9-8-21-14(15-9)11-6-18(4-5-19-11)7-12-16-17-13(20-12)10-2-3-10/h8,10-11H,2-7H2,1H3/t11-/m0/s1. The molecule has 2 aliphatic rings. The molecule has 2 aromatic heterocycles. The van der Waals surface area contributed by atoms with Gasteiger partial charge in [-0.05, 0) is 19.8 Å². The molecule has 0 amide bonds. The fraction of sp³-hybridized carbons (Fsp3) is 0.643. The second-order valence-electron chi connectivity index (χ2n) is 5.73. The fourth-order valence-electron chi connectivity index (χ4n) is 2.53. The van der Waals surface area contributed by atoms with E-state index in [9.17, 15) is 0 Å². The molecular weight excluding hydrogens is 288 g/mol. The average Bonchev–Trinajstić information content (AvgIpc) is 3.09. The summed E-state index contributed by atoms with van der Waals surface area (Å²) in [6.45, 7) is 5.14. The van der Waals surface area contributed by atoms with Crippen LogP contribution in [0.3, 0.4) is 0 Å². The third kappa shape index (κ3) is 3.00. The fourth-order valence-corrected chi connectivity index (χ4v) is 3.37. The molecule has 0 radical (unpaired) electrons. The second kappa shape index (κ2) is 5.47. The highest BCUT2D eigenvalue weighted by molar-refractivity contribution is 7.09. The average molecular weight is 306 g/mol. The Bertz CT molecular complexity index is 622. The van der Waals surface area contributed by atoms with Crippen LogP contribution in [0.15, 0.2) is 9.80 Å². The molecule has 3 heterocycles. The van der Waals surface area contributed by atoms with E-state index in [0.29, 0.717) is 25.0 Å². The van der Waals surface area contributed by atoms with E-state index in [-0.39, 0.29) is 6.10 Å². The zero-order valence-electron chi connectivity index (χ0n) is 12.0. The van der Waals surface area contributed by atoms with Crippen LogP contribution in [0.4, 0.5) is 0 Å². The number of ether oxygens (including phenoxy) is 1. The van der Waals surface area contributed by atoms with E-state index in [2.05, 4.69) is 25.5 Å². The van der Waals surface area contributed by atoms with Crippen LogP contribution in [-0.2, 0) is 11.3 Å². The summed E-state index contributed by atoms with van der Waals surface area (Å²) in [4.78, 5) is 6.83. The molecular formula is C14H18N4O2S. The third-order valence-electron chi connectivity index (χ3n) is 3.83. The Labute approximate surface area is 127 Å². The van der Waals surface area contributed by atoms with E-state index in [4.69, 9.17) is 9.15 Å². The Morgan fingerprint density at radius 3 is 3.05 bits per heavy atom. The number of thiazole rings is 1. The van der Waals surface area contributed by atoms with Crippen molar-refractivity contribution < 1.29 is 9.15 Å². The van der Waals surface area contributed by atoms with Crippen LogP contribution in [0.1, 0.15) is 47.3 Å². The SMILES string of the molecule is Cc1csc([C@@H]2CN(Cc3nnc(C4CC4)o3)CCO2)n1. The summed E-state index contributed by atoms with van der Waals surface area (Å²) in [7, 11) is 0. The first-order valence-electron chi connectivity index (χ1n) is 7.36. The number of aryl methyl sites for hydroxylation is 1. The molecule has 0 spiro atoms. The molecule has 1 saturated heterocycles. The predicted octanol–water partition coefficient (Wildman–Crippen LogP) is 2.29. The highest BCUT2D eigenvalue weighted by atomic mass is 32.1. The largest absolute Gasteiger partial charge is 0.424 e. The summed E-state index contributed by atoms with van der Waals surface area (Å²) in [5, 5.41) is 11.4. The van der Waals surface area contributed by atoms with Crippen molar-refractivity contribution in [3.05, 3.63) is 27.9 Å². The minimum absolute atomic E-state index is 0.0586. The van der Waals surface area contributed by atoms with Gasteiger partial charge in [0.25, 0.3) is 0 Å². The molecule has 0 N–H and O–H groups in total. The molecule has 0 unspecified atom stereocenters. The second-order valence-corrected chi connectivity index (χ2v) is 6.62. The first-order valence-corrected chi connectivity index (χ1v) is 8.24. The molecule has 0 bridgehead atoms. The van der Waals surface area contributed by atoms with Gasteiger partial charge in [-0.3, -0.25) is 4.90 Å². The molecule has 0 aromatic carbocycles. The van der Waals surface area contributed by atoms with E-state index in [1.807, 2.05) is 6.92 Å². The van der Waals surface area contributed by atoms with Gasteiger partial charge in [-0.1, -0.05) is 0 Å². The van der Waals surface area contributed by atoms with E-state index >= 15 is 0 Å². The summed E-state index contributed by atoms with van der Waals surface area (Å²) in [6.07, 6.45) is 2.43. The Balaban J connectivity index is 1.40. The van der Waals surface area contributed by atoms with E-state index in [1.165, 1.54) is 12.8 Å². The van der Waals surface area contributed by atoms with Crippen LogP contribution < -0.4 is 0 Å². The first kappa shape index (κ1) is 13.4. The maximum absolute atomic E-state index is 5.84. The molecule has 1 aliphatic heterocycles. The smallest absolute Gasteiger partial charge is 0.230 e. The number of nitrogens with zero attached hydrogens (tertiary/aromatic N) is 4. The van der Waals surface area contributed by atoms with E-state index < -0.39 is 0 Å². The normalized spacial score (nSPS) is 23.6. The van der Waals surface area contributed by atoms with Crippen LogP contribution in [0.25, 0.3) is 0 Å². The zero-order chi connectivity index (χ0) is 14.2. The van der Waals surface area contributed by atoms with Crippen molar-refractivity contribution in [1.82, 2.24) is 20.1 Å². The number of hydrogen-bond acceptors (Lipinski definition) is 7. The van der Waals surface area contributed by atoms with Crippen molar-refractivity contribution in [3.8, 4) is 0 Å². The van der Waals surface area contributed by atoms with Gasteiger partial charge in [0.1, 0.15) is 11.1 Å². The van der Waals surface area contributed by atoms with Gasteiger partial charge in [0.05, 0.1) is 13.2 Å². The lowest BCUT2D eigenvalue weighted by Gasteiger charge is -2.30. The molecule has 7 heteroatoms. The highest BCUT2D eigenvalue weighted by Gasteiger charge is 2.30. The molecule has 2 aromatic rings. The quantitative estimate of drug-likeness (QED) is 0.863. The van der Waals surface area contributed by atoms with Gasteiger partial charge >= 0.3 is 0 Å².